The van der Waals surface area contributed by atoms with Crippen molar-refractivity contribution < 1.29 is 9.21 Å². The van der Waals surface area contributed by atoms with Crippen molar-refractivity contribution in [3.05, 3.63) is 107 Å². The number of halogens is 2. The standard InChI is InChI=1S/C25H17Cl2NO2/c26-21-11-6-10-20(25(21)27)23-15-13-18(30-23)14-16-24(29)28-22-12-5-4-9-19(22)17-7-2-1-3-8-17/h1-16H,(H,28,29)/b16-14+. The molecule has 4 aromatic rings. The van der Waals surface area contributed by atoms with Crippen LogP contribution in [-0.4, -0.2) is 5.91 Å². The third-order valence-corrected chi connectivity index (χ3v) is 5.33. The van der Waals surface area contributed by atoms with Gasteiger partial charge in [0.15, 0.2) is 0 Å². The molecule has 0 saturated heterocycles. The van der Waals surface area contributed by atoms with Crippen LogP contribution in [0.1, 0.15) is 5.76 Å². The Morgan fingerprint density at radius 1 is 0.800 bits per heavy atom. The monoisotopic (exact) mass is 433 g/mol. The van der Waals surface area contributed by atoms with Gasteiger partial charge in [0.05, 0.1) is 10.0 Å². The number of para-hydroxylation sites is 1. The Morgan fingerprint density at radius 2 is 1.53 bits per heavy atom. The van der Waals surface area contributed by atoms with Gasteiger partial charge in [-0.2, -0.15) is 0 Å². The molecule has 0 unspecified atom stereocenters. The Bertz CT molecular complexity index is 1210. The van der Waals surface area contributed by atoms with Gasteiger partial charge in [-0.3, -0.25) is 4.79 Å². The highest BCUT2D eigenvalue weighted by molar-refractivity contribution is 6.43. The smallest absolute Gasteiger partial charge is 0.248 e. The van der Waals surface area contributed by atoms with Crippen molar-refractivity contribution in [2.45, 2.75) is 0 Å². The molecular formula is C25H17Cl2NO2. The summed E-state index contributed by atoms with van der Waals surface area (Å²) in [6, 6.07) is 26.5. The van der Waals surface area contributed by atoms with Crippen LogP contribution in [0, 0.1) is 0 Å². The molecule has 0 atom stereocenters. The van der Waals surface area contributed by atoms with Crippen molar-refractivity contribution in [2.24, 2.45) is 0 Å². The number of furan rings is 1. The van der Waals surface area contributed by atoms with Gasteiger partial charge in [0.25, 0.3) is 0 Å². The molecular weight excluding hydrogens is 417 g/mol. The van der Waals surface area contributed by atoms with E-state index >= 15 is 0 Å². The minimum Gasteiger partial charge on any atom is -0.457 e. The zero-order valence-corrected chi connectivity index (χ0v) is 17.3. The van der Waals surface area contributed by atoms with Crippen LogP contribution in [0.3, 0.4) is 0 Å². The lowest BCUT2D eigenvalue weighted by Crippen LogP contribution is -2.08. The second-order valence-electron chi connectivity index (χ2n) is 6.54. The average molecular weight is 434 g/mol. The van der Waals surface area contributed by atoms with Crippen LogP contribution in [0.4, 0.5) is 5.69 Å². The van der Waals surface area contributed by atoms with E-state index in [0.29, 0.717) is 27.1 Å². The number of carbonyl (C=O) groups excluding carboxylic acids is 1. The zero-order valence-electron chi connectivity index (χ0n) is 15.8. The van der Waals surface area contributed by atoms with E-state index in [1.807, 2.05) is 60.7 Å². The predicted molar refractivity (Wildman–Crippen MR) is 124 cm³/mol. The largest absolute Gasteiger partial charge is 0.457 e. The van der Waals surface area contributed by atoms with E-state index in [4.69, 9.17) is 27.6 Å². The van der Waals surface area contributed by atoms with E-state index in [2.05, 4.69) is 5.32 Å². The maximum Gasteiger partial charge on any atom is 0.248 e. The van der Waals surface area contributed by atoms with E-state index in [9.17, 15) is 4.79 Å². The van der Waals surface area contributed by atoms with Crippen LogP contribution < -0.4 is 5.32 Å². The van der Waals surface area contributed by atoms with Gasteiger partial charge < -0.3 is 9.73 Å². The van der Waals surface area contributed by atoms with E-state index in [1.165, 1.54) is 6.08 Å². The summed E-state index contributed by atoms with van der Waals surface area (Å²) in [6.45, 7) is 0. The first-order chi connectivity index (χ1) is 14.6. The average Bonchev–Trinajstić information content (AvgIpc) is 3.24. The van der Waals surface area contributed by atoms with Crippen LogP contribution in [0.5, 0.6) is 0 Å². The van der Waals surface area contributed by atoms with Crippen molar-refractivity contribution in [1.82, 2.24) is 0 Å². The minimum atomic E-state index is -0.253. The number of amides is 1. The van der Waals surface area contributed by atoms with Crippen molar-refractivity contribution in [1.29, 1.82) is 0 Å². The summed E-state index contributed by atoms with van der Waals surface area (Å²) < 4.78 is 5.79. The van der Waals surface area contributed by atoms with Crippen LogP contribution in [0.25, 0.3) is 28.5 Å². The summed E-state index contributed by atoms with van der Waals surface area (Å²) in [7, 11) is 0. The van der Waals surface area contributed by atoms with E-state index in [1.54, 1.807) is 30.3 Å². The second kappa shape index (κ2) is 9.04. The first-order valence-corrected chi connectivity index (χ1v) is 10.0. The Balaban J connectivity index is 1.50. The quantitative estimate of drug-likeness (QED) is 0.329. The van der Waals surface area contributed by atoms with E-state index in [-0.39, 0.29) is 5.91 Å². The van der Waals surface area contributed by atoms with Gasteiger partial charge in [0.2, 0.25) is 5.91 Å². The number of nitrogens with one attached hydrogen (secondary N) is 1. The lowest BCUT2D eigenvalue weighted by atomic mass is 10.0. The molecule has 0 saturated carbocycles. The summed E-state index contributed by atoms with van der Waals surface area (Å²) in [5.74, 6) is 0.863. The summed E-state index contributed by atoms with van der Waals surface area (Å²) in [5.41, 5.74) is 3.43. The SMILES string of the molecule is O=C(/C=C/c1ccc(-c2cccc(Cl)c2Cl)o1)Nc1ccccc1-c1ccccc1. The molecule has 3 nitrogen and oxygen atoms in total. The highest BCUT2D eigenvalue weighted by Crippen LogP contribution is 2.34. The van der Waals surface area contributed by atoms with Crippen molar-refractivity contribution in [3.8, 4) is 22.5 Å². The van der Waals surface area contributed by atoms with Crippen LogP contribution in [0.15, 0.2) is 95.4 Å². The van der Waals surface area contributed by atoms with Gasteiger partial charge >= 0.3 is 0 Å². The molecule has 5 heteroatoms. The van der Waals surface area contributed by atoms with E-state index < -0.39 is 0 Å². The van der Waals surface area contributed by atoms with Gasteiger partial charge in [-0.25, -0.2) is 0 Å². The fourth-order valence-corrected chi connectivity index (χ4v) is 3.47. The minimum absolute atomic E-state index is 0.253. The summed E-state index contributed by atoms with van der Waals surface area (Å²) in [5, 5.41) is 3.82. The lowest BCUT2D eigenvalue weighted by Gasteiger charge is -2.09. The zero-order chi connectivity index (χ0) is 20.9. The molecule has 0 aliphatic heterocycles. The molecule has 148 valence electrons. The van der Waals surface area contributed by atoms with Gasteiger partial charge in [-0.1, -0.05) is 77.8 Å². The molecule has 3 aromatic carbocycles. The molecule has 1 amide bonds. The highest BCUT2D eigenvalue weighted by atomic mass is 35.5. The Hall–Kier alpha value is -3.27. The molecule has 30 heavy (non-hydrogen) atoms. The van der Waals surface area contributed by atoms with Gasteiger partial charge in [-0.15, -0.1) is 0 Å². The molecule has 1 N–H and O–H groups in total. The van der Waals surface area contributed by atoms with Gasteiger partial charge in [-0.05, 0) is 42.0 Å². The van der Waals surface area contributed by atoms with Crippen molar-refractivity contribution in [3.63, 3.8) is 0 Å². The molecule has 0 radical (unpaired) electrons. The topological polar surface area (TPSA) is 42.2 Å². The van der Waals surface area contributed by atoms with Gasteiger partial charge in [0.1, 0.15) is 11.5 Å². The lowest BCUT2D eigenvalue weighted by molar-refractivity contribution is -0.111. The summed E-state index contributed by atoms with van der Waals surface area (Å²) >= 11 is 12.3. The van der Waals surface area contributed by atoms with Crippen molar-refractivity contribution >= 4 is 40.9 Å². The molecule has 1 heterocycles. The number of hydrogen-bond donors (Lipinski definition) is 1. The fraction of sp³-hybridized carbons (Fsp3) is 0. The Morgan fingerprint density at radius 3 is 2.37 bits per heavy atom. The molecule has 0 bridgehead atoms. The van der Waals surface area contributed by atoms with Crippen LogP contribution in [-0.2, 0) is 4.79 Å². The third-order valence-electron chi connectivity index (χ3n) is 4.51. The molecule has 0 spiro atoms. The summed E-state index contributed by atoms with van der Waals surface area (Å²) in [4.78, 5) is 12.5. The van der Waals surface area contributed by atoms with Crippen LogP contribution in [0.2, 0.25) is 10.0 Å². The number of anilines is 1. The third kappa shape index (κ3) is 4.48. The number of rotatable bonds is 5. The summed E-state index contributed by atoms with van der Waals surface area (Å²) in [6.07, 6.45) is 3.05. The number of hydrogen-bond acceptors (Lipinski definition) is 2. The first kappa shape index (κ1) is 20.0. The normalized spacial score (nSPS) is 11.0. The molecule has 4 rings (SSSR count). The maximum absolute atomic E-state index is 12.5. The van der Waals surface area contributed by atoms with Crippen LogP contribution >= 0.6 is 23.2 Å². The first-order valence-electron chi connectivity index (χ1n) is 9.29. The molecule has 0 aliphatic carbocycles. The maximum atomic E-state index is 12.5. The predicted octanol–water partition coefficient (Wildman–Crippen LogP) is 7.57. The second-order valence-corrected chi connectivity index (χ2v) is 7.32. The molecule has 0 aliphatic rings. The number of carbonyl (C=O) groups is 1. The van der Waals surface area contributed by atoms with Gasteiger partial charge in [0, 0.05) is 22.9 Å². The fourth-order valence-electron chi connectivity index (χ4n) is 3.08. The number of benzene rings is 3. The molecule has 1 aromatic heterocycles. The Labute approximate surface area is 184 Å². The molecule has 0 fully saturated rings. The van der Waals surface area contributed by atoms with Crippen molar-refractivity contribution in [2.75, 3.05) is 5.32 Å². The highest BCUT2D eigenvalue weighted by Gasteiger charge is 2.11. The Kier molecular flexibility index (Phi) is 6.03. The van der Waals surface area contributed by atoms with E-state index in [0.717, 1.165) is 16.8 Å².